The third kappa shape index (κ3) is 5.84. The molecule has 0 N–H and O–H groups in total. The number of hydrogen-bond acceptors (Lipinski definition) is 2. The Kier molecular flexibility index (Phi) is 8.09. The predicted molar refractivity (Wildman–Crippen MR) is 233 cm³/mol. The van der Waals surface area contributed by atoms with Gasteiger partial charge in [-0.2, -0.15) is 0 Å². The minimum atomic E-state index is 1.12. The van der Waals surface area contributed by atoms with Crippen molar-refractivity contribution in [3.8, 4) is 44.5 Å². The Morgan fingerprint density at radius 2 is 0.796 bits per heavy atom. The molecule has 0 atom stereocenters. The topological polar surface area (TPSA) is 3.24 Å². The maximum Gasteiger partial charge on any atom is 0.0640 e. The summed E-state index contributed by atoms with van der Waals surface area (Å²) in [6.07, 6.45) is 0. The molecule has 2 heteroatoms. The van der Waals surface area contributed by atoms with Crippen molar-refractivity contribution in [1.29, 1.82) is 0 Å². The number of thiophene rings is 1. The van der Waals surface area contributed by atoms with Crippen molar-refractivity contribution < 1.29 is 0 Å². The highest BCUT2D eigenvalue weighted by Crippen LogP contribution is 2.45. The number of nitrogens with zero attached hydrogens (tertiary/aromatic N) is 1. The minimum Gasteiger partial charge on any atom is -0.309 e. The second-order valence-electron chi connectivity index (χ2n) is 13.7. The van der Waals surface area contributed by atoms with Crippen molar-refractivity contribution in [2.24, 2.45) is 0 Å². The molecule has 0 unspecified atom stereocenters. The first-order valence-electron chi connectivity index (χ1n) is 18.4. The molecule has 0 aliphatic rings. The van der Waals surface area contributed by atoms with E-state index < -0.39 is 0 Å². The van der Waals surface area contributed by atoms with Crippen LogP contribution in [0.5, 0.6) is 0 Å². The summed E-state index contributed by atoms with van der Waals surface area (Å²) >= 11 is 1.86. The normalized spacial score (nSPS) is 11.3. The largest absolute Gasteiger partial charge is 0.309 e. The van der Waals surface area contributed by atoms with Gasteiger partial charge in [0, 0.05) is 26.8 Å². The van der Waals surface area contributed by atoms with Crippen LogP contribution in [0.4, 0.5) is 17.1 Å². The molecule has 0 aliphatic carbocycles. The van der Waals surface area contributed by atoms with E-state index >= 15 is 0 Å². The zero-order valence-corrected chi connectivity index (χ0v) is 30.4. The van der Waals surface area contributed by atoms with Gasteiger partial charge in [-0.1, -0.05) is 164 Å². The third-order valence-electron chi connectivity index (χ3n) is 10.5. The molecule has 54 heavy (non-hydrogen) atoms. The average Bonchev–Trinajstić information content (AvgIpc) is 3.64. The SMILES string of the molecule is c1ccc(-c2ccc(N(c3ccc(-c4cccc(-c5cccc(-c6cccc7ccccc67)c5)c4)cc3)c3cccc4c3sc3ccccc34)cc2)cc1. The van der Waals surface area contributed by atoms with Gasteiger partial charge in [0.15, 0.2) is 0 Å². The van der Waals surface area contributed by atoms with Gasteiger partial charge >= 0.3 is 0 Å². The van der Waals surface area contributed by atoms with Crippen LogP contribution >= 0.6 is 11.3 Å². The highest BCUT2D eigenvalue weighted by Gasteiger charge is 2.18. The van der Waals surface area contributed by atoms with Crippen LogP contribution in [-0.2, 0) is 0 Å². The summed E-state index contributed by atoms with van der Waals surface area (Å²) in [7, 11) is 0. The molecule has 1 heterocycles. The Morgan fingerprint density at radius 1 is 0.315 bits per heavy atom. The molecule has 0 bridgehead atoms. The highest BCUT2D eigenvalue weighted by atomic mass is 32.1. The molecule has 10 aromatic rings. The number of benzene rings is 9. The molecule has 0 radical (unpaired) electrons. The molecule has 0 aliphatic heterocycles. The van der Waals surface area contributed by atoms with E-state index in [1.165, 1.54) is 81.1 Å². The van der Waals surface area contributed by atoms with Gasteiger partial charge in [0.25, 0.3) is 0 Å². The van der Waals surface area contributed by atoms with Gasteiger partial charge in [-0.05, 0) is 104 Å². The summed E-state index contributed by atoms with van der Waals surface area (Å²) in [5.41, 5.74) is 13.1. The zero-order valence-electron chi connectivity index (χ0n) is 29.6. The second kappa shape index (κ2) is 13.7. The van der Waals surface area contributed by atoms with Crippen LogP contribution in [0.25, 0.3) is 75.5 Å². The fourth-order valence-corrected chi connectivity index (χ4v) is 9.00. The van der Waals surface area contributed by atoms with Gasteiger partial charge < -0.3 is 4.90 Å². The van der Waals surface area contributed by atoms with Crippen LogP contribution < -0.4 is 4.90 Å². The maximum absolute atomic E-state index is 2.41. The van der Waals surface area contributed by atoms with E-state index in [1.807, 2.05) is 11.3 Å². The van der Waals surface area contributed by atoms with Crippen molar-refractivity contribution in [2.45, 2.75) is 0 Å². The third-order valence-corrected chi connectivity index (χ3v) is 11.7. The van der Waals surface area contributed by atoms with Crippen molar-refractivity contribution in [3.63, 3.8) is 0 Å². The van der Waals surface area contributed by atoms with Gasteiger partial charge in [-0.3, -0.25) is 0 Å². The molecule has 0 spiro atoms. The van der Waals surface area contributed by atoms with Crippen LogP contribution in [0.2, 0.25) is 0 Å². The van der Waals surface area contributed by atoms with E-state index in [4.69, 9.17) is 0 Å². The Balaban J connectivity index is 1.03. The summed E-state index contributed by atoms with van der Waals surface area (Å²) in [5.74, 6) is 0. The van der Waals surface area contributed by atoms with Crippen molar-refractivity contribution >= 4 is 59.3 Å². The molecule has 0 amide bonds. The summed E-state index contributed by atoms with van der Waals surface area (Å²) in [6.45, 7) is 0. The lowest BCUT2D eigenvalue weighted by Gasteiger charge is -2.26. The van der Waals surface area contributed by atoms with E-state index in [0.29, 0.717) is 0 Å². The predicted octanol–water partition coefficient (Wildman–Crippen LogP) is 15.3. The van der Waals surface area contributed by atoms with E-state index in [0.717, 1.165) is 11.4 Å². The first-order chi connectivity index (χ1) is 26.8. The molecule has 10 rings (SSSR count). The van der Waals surface area contributed by atoms with Gasteiger partial charge in [-0.25, -0.2) is 0 Å². The van der Waals surface area contributed by atoms with Crippen molar-refractivity contribution in [3.05, 3.63) is 212 Å². The molecule has 1 aromatic heterocycles. The second-order valence-corrected chi connectivity index (χ2v) is 14.8. The Hall–Kier alpha value is -6.74. The van der Waals surface area contributed by atoms with E-state index in [1.54, 1.807) is 0 Å². The zero-order chi connectivity index (χ0) is 35.8. The monoisotopic (exact) mass is 705 g/mol. The Morgan fingerprint density at radius 3 is 1.54 bits per heavy atom. The fraction of sp³-hybridized carbons (Fsp3) is 0. The quantitative estimate of drug-likeness (QED) is 0.160. The Labute approximate surface area is 319 Å². The molecule has 1 nitrogen and oxygen atoms in total. The summed E-state index contributed by atoms with van der Waals surface area (Å²) in [6, 6.07) is 77.1. The molecule has 0 saturated carbocycles. The van der Waals surface area contributed by atoms with Crippen molar-refractivity contribution in [1.82, 2.24) is 0 Å². The first kappa shape index (κ1) is 32.0. The number of hydrogen-bond donors (Lipinski definition) is 0. The summed E-state index contributed by atoms with van der Waals surface area (Å²) in [4.78, 5) is 2.41. The van der Waals surface area contributed by atoms with Crippen LogP contribution in [-0.4, -0.2) is 0 Å². The Bertz CT molecular complexity index is 2920. The van der Waals surface area contributed by atoms with Gasteiger partial charge in [-0.15, -0.1) is 11.3 Å². The van der Waals surface area contributed by atoms with Crippen LogP contribution in [0, 0.1) is 0 Å². The standard InChI is InChI=1S/C52H35NS/c1-2-12-36(13-3-1)37-26-30-44(31-27-37)53(50-24-11-23-49-48-21-6-7-25-51(48)54-52(49)50)45-32-28-38(29-33-45)40-16-8-17-41(34-40)42-18-9-19-43(35-42)47-22-10-15-39-14-4-5-20-46(39)47/h1-35H. The maximum atomic E-state index is 2.41. The molecular weight excluding hydrogens is 671 g/mol. The first-order valence-corrected chi connectivity index (χ1v) is 19.2. The van der Waals surface area contributed by atoms with E-state index in [9.17, 15) is 0 Å². The van der Waals surface area contributed by atoms with Gasteiger partial charge in [0.05, 0.1) is 10.4 Å². The van der Waals surface area contributed by atoms with Crippen LogP contribution in [0.15, 0.2) is 212 Å². The average molecular weight is 706 g/mol. The van der Waals surface area contributed by atoms with Crippen LogP contribution in [0.3, 0.4) is 0 Å². The summed E-state index contributed by atoms with van der Waals surface area (Å²) in [5, 5.41) is 5.12. The highest BCUT2D eigenvalue weighted by molar-refractivity contribution is 7.26. The van der Waals surface area contributed by atoms with Crippen molar-refractivity contribution in [2.75, 3.05) is 4.90 Å². The molecular formula is C52H35NS. The number of fused-ring (bicyclic) bond motifs is 4. The lowest BCUT2D eigenvalue weighted by atomic mass is 9.94. The molecule has 9 aromatic carbocycles. The molecule has 0 saturated heterocycles. The smallest absolute Gasteiger partial charge is 0.0640 e. The van der Waals surface area contributed by atoms with Gasteiger partial charge in [0.1, 0.15) is 0 Å². The number of rotatable bonds is 7. The number of anilines is 3. The van der Waals surface area contributed by atoms with E-state index in [-0.39, 0.29) is 0 Å². The van der Waals surface area contributed by atoms with E-state index in [2.05, 4.69) is 217 Å². The van der Waals surface area contributed by atoms with Crippen LogP contribution in [0.1, 0.15) is 0 Å². The summed E-state index contributed by atoms with van der Waals surface area (Å²) < 4.78 is 2.59. The lowest BCUT2D eigenvalue weighted by Crippen LogP contribution is -2.10. The fourth-order valence-electron chi connectivity index (χ4n) is 7.79. The molecule has 254 valence electrons. The van der Waals surface area contributed by atoms with Gasteiger partial charge in [0.2, 0.25) is 0 Å². The lowest BCUT2D eigenvalue weighted by molar-refractivity contribution is 1.30. The minimum absolute atomic E-state index is 1.12. The molecule has 0 fully saturated rings.